The molecule has 12 heteroatoms. The van der Waals surface area contributed by atoms with Gasteiger partial charge in [-0.15, -0.1) is 10.2 Å². The summed E-state index contributed by atoms with van der Waals surface area (Å²) in [5.41, 5.74) is 1.34. The Morgan fingerprint density at radius 3 is 1.44 bits per heavy atom. The molecule has 174 valence electrons. The molecule has 0 aliphatic carbocycles. The first kappa shape index (κ1) is 22.7. The second-order valence-electron chi connectivity index (χ2n) is 7.44. The normalized spacial score (nSPS) is 11.5. The number of halogens is 2. The Kier molecular flexibility index (Phi) is 6.96. The maximum absolute atomic E-state index is 13.2. The van der Waals surface area contributed by atoms with Crippen LogP contribution in [0.25, 0.3) is 23.5 Å². The highest BCUT2D eigenvalue weighted by Gasteiger charge is 2.07. The Balaban J connectivity index is 1.32. The van der Waals surface area contributed by atoms with Crippen LogP contribution in [0.5, 0.6) is 0 Å². The highest BCUT2D eigenvalue weighted by Crippen LogP contribution is 2.11. The molecule has 0 fully saturated rings. The highest BCUT2D eigenvalue weighted by atomic mass is 19.1. The lowest BCUT2D eigenvalue weighted by molar-refractivity contribution is 0.367. The second kappa shape index (κ2) is 10.4. The number of hydrogen-bond acceptors (Lipinski definition) is 8. The quantitative estimate of drug-likeness (QED) is 0.373. The Labute approximate surface area is 194 Å². The van der Waals surface area contributed by atoms with Gasteiger partial charge in [-0.05, 0) is 69.4 Å². The van der Waals surface area contributed by atoms with E-state index in [4.69, 9.17) is 0 Å². The average Bonchev–Trinajstić information content (AvgIpc) is 3.51. The van der Waals surface area contributed by atoms with Crippen LogP contribution in [0.3, 0.4) is 0 Å². The molecule has 0 radical (unpaired) electrons. The predicted molar refractivity (Wildman–Crippen MR) is 122 cm³/mol. The molecule has 0 saturated carbocycles. The van der Waals surface area contributed by atoms with Crippen LogP contribution in [0.2, 0.25) is 0 Å². The highest BCUT2D eigenvalue weighted by molar-refractivity contribution is 5.45. The fraction of sp³-hybridized carbons (Fsp3) is 0.182. The van der Waals surface area contributed by atoms with Crippen molar-refractivity contribution in [1.29, 1.82) is 0 Å². The minimum absolute atomic E-state index is 0.321. The standard InChI is InChI=1S/C22H22F2N10/c1-31(13-11-21-25-27-29-33(21)19-7-3-17(23)4-8-19)15-16-32(2)14-12-22-26-28-30-34(22)20-9-5-18(24)6-10-20/h3-14H,15-16H2,1-2H3/b13-11+,14-12+. The molecule has 0 atom stereocenters. The summed E-state index contributed by atoms with van der Waals surface area (Å²) in [7, 11) is 3.88. The lowest BCUT2D eigenvalue weighted by Crippen LogP contribution is -2.24. The molecule has 2 aromatic heterocycles. The largest absolute Gasteiger partial charge is 0.379 e. The van der Waals surface area contributed by atoms with Crippen molar-refractivity contribution in [1.82, 2.24) is 50.2 Å². The van der Waals surface area contributed by atoms with Gasteiger partial charge in [-0.3, -0.25) is 0 Å². The van der Waals surface area contributed by atoms with Crippen molar-refractivity contribution in [3.63, 3.8) is 0 Å². The van der Waals surface area contributed by atoms with Crippen molar-refractivity contribution in [2.75, 3.05) is 27.2 Å². The first-order valence-electron chi connectivity index (χ1n) is 10.3. The van der Waals surface area contributed by atoms with E-state index in [-0.39, 0.29) is 11.6 Å². The van der Waals surface area contributed by atoms with Gasteiger partial charge in [0.1, 0.15) is 11.6 Å². The van der Waals surface area contributed by atoms with Crippen molar-refractivity contribution in [3.8, 4) is 11.4 Å². The van der Waals surface area contributed by atoms with E-state index in [2.05, 4.69) is 31.1 Å². The van der Waals surface area contributed by atoms with E-state index in [0.29, 0.717) is 23.0 Å². The van der Waals surface area contributed by atoms with Crippen LogP contribution in [0, 0.1) is 11.6 Å². The lowest BCUT2D eigenvalue weighted by Gasteiger charge is -2.19. The first-order valence-corrected chi connectivity index (χ1v) is 10.3. The van der Waals surface area contributed by atoms with E-state index >= 15 is 0 Å². The summed E-state index contributed by atoms with van der Waals surface area (Å²) in [5.74, 6) is 0.413. The number of tetrazole rings is 2. The summed E-state index contributed by atoms with van der Waals surface area (Å²) >= 11 is 0. The van der Waals surface area contributed by atoms with Crippen LogP contribution in [-0.4, -0.2) is 77.4 Å². The summed E-state index contributed by atoms with van der Waals surface area (Å²) in [6, 6.07) is 11.9. The molecule has 2 heterocycles. The molecule has 34 heavy (non-hydrogen) atoms. The maximum atomic E-state index is 13.2. The third-order valence-electron chi connectivity index (χ3n) is 4.89. The minimum atomic E-state index is -0.321. The third-order valence-corrected chi connectivity index (χ3v) is 4.89. The zero-order valence-corrected chi connectivity index (χ0v) is 18.6. The topological polar surface area (TPSA) is 93.7 Å². The molecular formula is C22H22F2N10. The molecular weight excluding hydrogens is 442 g/mol. The van der Waals surface area contributed by atoms with E-state index in [1.165, 1.54) is 33.6 Å². The van der Waals surface area contributed by atoms with Crippen molar-refractivity contribution in [2.24, 2.45) is 0 Å². The van der Waals surface area contributed by atoms with Crippen LogP contribution in [0.1, 0.15) is 11.6 Å². The lowest BCUT2D eigenvalue weighted by atomic mass is 10.3. The van der Waals surface area contributed by atoms with Crippen LogP contribution < -0.4 is 0 Å². The van der Waals surface area contributed by atoms with E-state index in [9.17, 15) is 8.78 Å². The molecule has 0 saturated heterocycles. The van der Waals surface area contributed by atoms with Crippen LogP contribution in [-0.2, 0) is 0 Å². The summed E-state index contributed by atoms with van der Waals surface area (Å²) in [6.45, 7) is 1.44. The van der Waals surface area contributed by atoms with Crippen molar-refractivity contribution >= 4 is 12.2 Å². The Morgan fingerprint density at radius 1 is 0.676 bits per heavy atom. The molecule has 10 nitrogen and oxygen atoms in total. The van der Waals surface area contributed by atoms with Gasteiger partial charge in [0.25, 0.3) is 0 Å². The van der Waals surface area contributed by atoms with Gasteiger partial charge in [0.15, 0.2) is 11.6 Å². The number of hydrogen-bond donors (Lipinski definition) is 0. The van der Waals surface area contributed by atoms with E-state index < -0.39 is 0 Å². The molecule has 0 aliphatic rings. The molecule has 0 N–H and O–H groups in total. The summed E-state index contributed by atoms with van der Waals surface area (Å²) in [6.07, 6.45) is 7.32. The fourth-order valence-electron chi connectivity index (χ4n) is 2.98. The number of nitrogens with zero attached hydrogens (tertiary/aromatic N) is 10. The summed E-state index contributed by atoms with van der Waals surface area (Å²) < 4.78 is 29.4. The summed E-state index contributed by atoms with van der Waals surface area (Å²) in [4.78, 5) is 3.99. The van der Waals surface area contributed by atoms with Gasteiger partial charge in [0.2, 0.25) is 0 Å². The SMILES string of the molecule is CN(/C=C/c1nnnn1-c1ccc(F)cc1)CCN(C)/C=C/c1nnnn1-c1ccc(F)cc1. The summed E-state index contributed by atoms with van der Waals surface area (Å²) in [5, 5.41) is 23.3. The third kappa shape index (κ3) is 5.65. The zero-order chi connectivity index (χ0) is 23.9. The smallest absolute Gasteiger partial charge is 0.181 e. The molecule has 0 amide bonds. The van der Waals surface area contributed by atoms with Crippen molar-refractivity contribution in [3.05, 3.63) is 84.2 Å². The molecule has 2 aromatic carbocycles. The van der Waals surface area contributed by atoms with E-state index in [1.807, 2.05) is 36.3 Å². The zero-order valence-electron chi connectivity index (χ0n) is 18.6. The van der Waals surface area contributed by atoms with Gasteiger partial charge in [-0.25, -0.2) is 8.78 Å². The number of benzene rings is 2. The Bertz CT molecular complexity index is 1160. The van der Waals surface area contributed by atoms with Crippen LogP contribution in [0.4, 0.5) is 8.78 Å². The molecule has 0 bridgehead atoms. The van der Waals surface area contributed by atoms with Crippen LogP contribution >= 0.6 is 0 Å². The molecule has 0 spiro atoms. The van der Waals surface area contributed by atoms with Gasteiger partial charge in [0, 0.05) is 51.7 Å². The number of aromatic nitrogens is 8. The van der Waals surface area contributed by atoms with E-state index in [1.54, 1.807) is 36.4 Å². The van der Waals surface area contributed by atoms with E-state index in [0.717, 1.165) is 13.1 Å². The van der Waals surface area contributed by atoms with Gasteiger partial charge in [0.05, 0.1) is 11.4 Å². The molecule has 0 unspecified atom stereocenters. The van der Waals surface area contributed by atoms with Crippen molar-refractivity contribution in [2.45, 2.75) is 0 Å². The van der Waals surface area contributed by atoms with Gasteiger partial charge in [-0.1, -0.05) is 0 Å². The first-order chi connectivity index (χ1) is 16.5. The molecule has 4 aromatic rings. The molecule has 4 rings (SSSR count). The average molecular weight is 464 g/mol. The van der Waals surface area contributed by atoms with Gasteiger partial charge in [-0.2, -0.15) is 9.36 Å². The second-order valence-corrected chi connectivity index (χ2v) is 7.44. The fourth-order valence-corrected chi connectivity index (χ4v) is 2.98. The van der Waals surface area contributed by atoms with Gasteiger partial charge < -0.3 is 9.80 Å². The number of rotatable bonds is 9. The monoisotopic (exact) mass is 464 g/mol. The van der Waals surface area contributed by atoms with Gasteiger partial charge >= 0.3 is 0 Å². The maximum Gasteiger partial charge on any atom is 0.181 e. The van der Waals surface area contributed by atoms with Crippen LogP contribution in [0.15, 0.2) is 60.9 Å². The Hall–Kier alpha value is -4.48. The predicted octanol–water partition coefficient (Wildman–Crippen LogP) is 2.42. The number of likely N-dealkylation sites (N-methyl/N-ethyl adjacent to an activating group) is 2. The molecule has 0 aliphatic heterocycles. The Morgan fingerprint density at radius 2 is 1.06 bits per heavy atom. The van der Waals surface area contributed by atoms with Crippen molar-refractivity contribution < 1.29 is 8.78 Å². The minimum Gasteiger partial charge on any atom is -0.379 e.